The van der Waals surface area contributed by atoms with Crippen LogP contribution in [-0.4, -0.2) is 99.0 Å². The van der Waals surface area contributed by atoms with Crippen molar-refractivity contribution < 1.29 is 19.5 Å². The molecule has 264 valence electrons. The lowest BCUT2D eigenvalue weighted by Gasteiger charge is -2.62. The summed E-state index contributed by atoms with van der Waals surface area (Å²) in [7, 11) is 7.90. The number of hydrogen-bond acceptors (Lipinski definition) is 8. The molecule has 2 aromatic rings. The maximum Gasteiger partial charge on any atom is 0.251 e. The van der Waals surface area contributed by atoms with Crippen LogP contribution in [0.2, 0.25) is 0 Å². The Kier molecular flexibility index (Phi) is 10.9. The molecule has 10 nitrogen and oxygen atoms in total. The Hall–Kier alpha value is -3.02. The molecule has 3 aliphatic carbocycles. The van der Waals surface area contributed by atoms with Crippen LogP contribution in [0, 0.1) is 36.0 Å². The summed E-state index contributed by atoms with van der Waals surface area (Å²) in [5.74, 6) is 0.920. The van der Waals surface area contributed by atoms with E-state index in [2.05, 4.69) is 50.5 Å². The zero-order valence-electron chi connectivity index (χ0n) is 30.4. The van der Waals surface area contributed by atoms with Gasteiger partial charge in [0.1, 0.15) is 6.04 Å². The fraction of sp³-hybridized carbons (Fsp3) is 0.632. The van der Waals surface area contributed by atoms with Crippen molar-refractivity contribution in [2.75, 3.05) is 52.7 Å². The standard InChI is InChI=1S/C38H58N6O4/c1-22-25(11-10-12-30(22)26-15-27(17-29(16-26)43(8)9)36(46)40-13-14-42(6)7)21-44-35(34(24(3)45)33(20-39)48-44)37(47)41-32-19-28-18-31(23(32)2)38(28,4)5/h10-12,15-17,23-24,28,31-35,45H,13-14,18-21,39H2,1-9H3,(H,40,46)(H,41,47)/t23-,24-,28+,31-,32-,33-,34+,35-/m0/s1. The van der Waals surface area contributed by atoms with Crippen LogP contribution in [0.1, 0.15) is 62.0 Å². The van der Waals surface area contributed by atoms with Gasteiger partial charge in [-0.25, -0.2) is 0 Å². The lowest BCUT2D eigenvalue weighted by molar-refractivity contribution is -0.175. The molecule has 0 aromatic heterocycles. The number of benzene rings is 2. The number of aliphatic hydroxyl groups excluding tert-OH is 1. The summed E-state index contributed by atoms with van der Waals surface area (Å²) in [6.07, 6.45) is 0.956. The van der Waals surface area contributed by atoms with Gasteiger partial charge in [0.25, 0.3) is 5.91 Å². The number of nitrogens with zero attached hydrogens (tertiary/aromatic N) is 3. The van der Waals surface area contributed by atoms with Crippen LogP contribution in [0.25, 0.3) is 11.1 Å². The van der Waals surface area contributed by atoms with E-state index in [-0.39, 0.29) is 24.4 Å². The summed E-state index contributed by atoms with van der Waals surface area (Å²) in [6.45, 7) is 12.6. The van der Waals surface area contributed by atoms with Crippen molar-refractivity contribution in [1.82, 2.24) is 20.6 Å². The molecule has 1 heterocycles. The number of fused-ring (bicyclic) bond motifs is 2. The summed E-state index contributed by atoms with van der Waals surface area (Å²) in [5.41, 5.74) is 12.0. The molecular weight excluding hydrogens is 604 g/mol. The second-order valence-corrected chi connectivity index (χ2v) is 15.6. The molecule has 4 fully saturated rings. The maximum absolute atomic E-state index is 14.2. The molecule has 1 saturated heterocycles. The molecule has 1 aliphatic heterocycles. The van der Waals surface area contributed by atoms with E-state index in [4.69, 9.17) is 10.6 Å². The van der Waals surface area contributed by atoms with Crippen molar-refractivity contribution in [3.05, 3.63) is 53.1 Å². The highest BCUT2D eigenvalue weighted by atomic mass is 16.7. The molecule has 0 spiro atoms. The number of aliphatic hydroxyl groups is 1. The molecule has 48 heavy (non-hydrogen) atoms. The fourth-order valence-corrected chi connectivity index (χ4v) is 8.52. The SMILES string of the molecule is Cc1c(CN2O[C@@H](CN)[C@@H]([C@H](C)O)[C@H]2C(=O)N[C@H]2C[C@H]3C[C@@H]([C@@H]2C)C3(C)C)cccc1-c1cc(C(=O)NCCN(C)C)cc(N(C)C)c1. The third-order valence-corrected chi connectivity index (χ3v) is 11.7. The summed E-state index contributed by atoms with van der Waals surface area (Å²) >= 11 is 0. The van der Waals surface area contributed by atoms with E-state index in [1.165, 1.54) is 6.42 Å². The van der Waals surface area contributed by atoms with Gasteiger partial charge in [-0.05, 0) is 104 Å². The number of rotatable bonds is 12. The van der Waals surface area contributed by atoms with E-state index in [0.717, 1.165) is 40.9 Å². The topological polar surface area (TPSA) is 123 Å². The number of hydrogen-bond donors (Lipinski definition) is 4. The second-order valence-electron chi connectivity index (χ2n) is 15.6. The van der Waals surface area contributed by atoms with Gasteiger partial charge in [-0.15, -0.1) is 0 Å². The zero-order valence-corrected chi connectivity index (χ0v) is 30.4. The number of carbonyl (C=O) groups excluding carboxylic acids is 2. The highest BCUT2D eigenvalue weighted by Crippen LogP contribution is 2.61. The van der Waals surface area contributed by atoms with Gasteiger partial charge in [0, 0.05) is 56.9 Å². The second kappa shape index (κ2) is 14.5. The quantitative estimate of drug-likeness (QED) is 0.272. The van der Waals surface area contributed by atoms with Crippen LogP contribution < -0.4 is 21.3 Å². The summed E-state index contributed by atoms with van der Waals surface area (Å²) in [4.78, 5) is 37.8. The smallest absolute Gasteiger partial charge is 0.251 e. The van der Waals surface area contributed by atoms with Gasteiger partial charge in [0.2, 0.25) is 5.91 Å². The highest BCUT2D eigenvalue weighted by Gasteiger charge is 2.57. The number of hydroxylamine groups is 2. The van der Waals surface area contributed by atoms with Crippen LogP contribution in [0.5, 0.6) is 0 Å². The van der Waals surface area contributed by atoms with Crippen molar-refractivity contribution in [2.45, 2.75) is 78.3 Å². The highest BCUT2D eigenvalue weighted by molar-refractivity contribution is 5.97. The van der Waals surface area contributed by atoms with Crippen molar-refractivity contribution in [1.29, 1.82) is 0 Å². The van der Waals surface area contributed by atoms with Crippen molar-refractivity contribution in [2.24, 2.45) is 34.8 Å². The molecule has 8 atom stereocenters. The largest absolute Gasteiger partial charge is 0.393 e. The van der Waals surface area contributed by atoms with E-state index in [1.807, 2.05) is 62.3 Å². The lowest BCUT2D eigenvalue weighted by atomic mass is 9.45. The number of likely N-dealkylation sites (N-methyl/N-ethyl adjacent to an activating group) is 1. The predicted octanol–water partition coefficient (Wildman–Crippen LogP) is 3.65. The summed E-state index contributed by atoms with van der Waals surface area (Å²) in [5, 5.41) is 19.1. The van der Waals surface area contributed by atoms with Gasteiger partial charge in [0.05, 0.1) is 18.8 Å². The number of nitrogens with two attached hydrogens (primary N) is 1. The number of carbonyl (C=O) groups is 2. The molecule has 6 rings (SSSR count). The third kappa shape index (κ3) is 7.14. The van der Waals surface area contributed by atoms with E-state index in [1.54, 1.807) is 12.0 Å². The van der Waals surface area contributed by atoms with Gasteiger partial charge >= 0.3 is 0 Å². The lowest BCUT2D eigenvalue weighted by Crippen LogP contribution is -2.62. The van der Waals surface area contributed by atoms with Crippen LogP contribution in [0.3, 0.4) is 0 Å². The minimum atomic E-state index is -0.779. The van der Waals surface area contributed by atoms with E-state index in [9.17, 15) is 14.7 Å². The summed E-state index contributed by atoms with van der Waals surface area (Å²) in [6, 6.07) is 11.5. The molecule has 4 aliphatic rings. The Labute approximate surface area is 287 Å². The third-order valence-electron chi connectivity index (χ3n) is 11.7. The molecule has 2 aromatic carbocycles. The first-order valence-electron chi connectivity index (χ1n) is 17.6. The minimum absolute atomic E-state index is 0.103. The van der Waals surface area contributed by atoms with Crippen LogP contribution >= 0.6 is 0 Å². The average Bonchev–Trinajstić information content (AvgIpc) is 3.41. The first kappa shape index (κ1) is 36.3. The van der Waals surface area contributed by atoms with Crippen molar-refractivity contribution in [3.8, 4) is 11.1 Å². The van der Waals surface area contributed by atoms with Crippen LogP contribution in [-0.2, 0) is 16.2 Å². The van der Waals surface area contributed by atoms with E-state index >= 15 is 0 Å². The molecular formula is C38H58N6O4. The monoisotopic (exact) mass is 662 g/mol. The van der Waals surface area contributed by atoms with Crippen molar-refractivity contribution >= 4 is 17.5 Å². The van der Waals surface area contributed by atoms with Crippen LogP contribution in [0.4, 0.5) is 5.69 Å². The first-order chi connectivity index (χ1) is 22.6. The van der Waals surface area contributed by atoms with Crippen LogP contribution in [0.15, 0.2) is 36.4 Å². The van der Waals surface area contributed by atoms with Gasteiger partial charge in [-0.2, -0.15) is 5.06 Å². The average molecular weight is 663 g/mol. The fourth-order valence-electron chi connectivity index (χ4n) is 8.52. The minimum Gasteiger partial charge on any atom is -0.393 e. The Morgan fingerprint density at radius 3 is 2.48 bits per heavy atom. The molecule has 10 heteroatoms. The van der Waals surface area contributed by atoms with E-state index in [0.29, 0.717) is 41.8 Å². The number of amides is 2. The first-order valence-corrected chi connectivity index (χ1v) is 17.6. The molecule has 2 amide bonds. The number of anilines is 1. The van der Waals surface area contributed by atoms with Crippen molar-refractivity contribution in [3.63, 3.8) is 0 Å². The molecule has 2 bridgehead atoms. The Bertz CT molecular complexity index is 1480. The molecule has 0 unspecified atom stereocenters. The Morgan fingerprint density at radius 1 is 1.15 bits per heavy atom. The Morgan fingerprint density at radius 2 is 1.88 bits per heavy atom. The number of nitrogens with one attached hydrogen (secondary N) is 2. The van der Waals surface area contributed by atoms with E-state index < -0.39 is 24.2 Å². The zero-order chi connectivity index (χ0) is 35.1. The normalized spacial score (nSPS) is 28.5. The van der Waals surface area contributed by atoms with Gasteiger partial charge in [-0.1, -0.05) is 39.0 Å². The molecule has 0 radical (unpaired) electrons. The maximum atomic E-state index is 14.2. The molecule has 3 saturated carbocycles. The van der Waals surface area contributed by atoms with Gasteiger partial charge in [-0.3, -0.25) is 14.4 Å². The Balaban J connectivity index is 1.41. The summed E-state index contributed by atoms with van der Waals surface area (Å²) < 4.78 is 0. The predicted molar refractivity (Wildman–Crippen MR) is 191 cm³/mol. The van der Waals surface area contributed by atoms with Gasteiger partial charge in [0.15, 0.2) is 0 Å². The van der Waals surface area contributed by atoms with Gasteiger partial charge < -0.3 is 31.3 Å². The molecule has 5 N–H and O–H groups in total.